The number of aliphatic hydroxyl groups excluding tert-OH is 2. The van der Waals surface area contributed by atoms with Crippen LogP contribution < -0.4 is 0 Å². The third kappa shape index (κ3) is 4.93. The third-order valence-electron chi connectivity index (χ3n) is 4.39. The number of hydrogen-bond acceptors (Lipinski definition) is 4. The van der Waals surface area contributed by atoms with Gasteiger partial charge in [-0.2, -0.15) is 0 Å². The standard InChI is InChI=1S/C17H26ClNO3/c1-13-5-4-8-19(17(13)10-20)9-15(21)12-22-11-14-6-2-3-7-16(14)18/h2-3,6-7,13,15,17,20-21H,4-5,8-12H2,1H3. The summed E-state index contributed by atoms with van der Waals surface area (Å²) in [5.41, 5.74) is 0.927. The van der Waals surface area contributed by atoms with Crippen molar-refractivity contribution < 1.29 is 14.9 Å². The number of likely N-dealkylation sites (tertiary alicyclic amines) is 1. The van der Waals surface area contributed by atoms with Crippen LogP contribution in [0, 0.1) is 5.92 Å². The molecule has 124 valence electrons. The quantitative estimate of drug-likeness (QED) is 0.807. The van der Waals surface area contributed by atoms with E-state index in [9.17, 15) is 10.2 Å². The Morgan fingerprint density at radius 3 is 2.91 bits per heavy atom. The number of nitrogens with zero attached hydrogens (tertiary/aromatic N) is 1. The summed E-state index contributed by atoms with van der Waals surface area (Å²) in [6.45, 7) is 4.45. The van der Waals surface area contributed by atoms with E-state index >= 15 is 0 Å². The number of benzene rings is 1. The van der Waals surface area contributed by atoms with E-state index in [0.29, 0.717) is 24.1 Å². The molecule has 1 aliphatic heterocycles. The Kier molecular flexibility index (Phi) is 7.12. The van der Waals surface area contributed by atoms with Gasteiger partial charge in [0.25, 0.3) is 0 Å². The molecule has 2 N–H and O–H groups in total. The van der Waals surface area contributed by atoms with E-state index in [0.717, 1.165) is 24.9 Å². The molecule has 0 aromatic heterocycles. The van der Waals surface area contributed by atoms with Crippen LogP contribution in [0.2, 0.25) is 5.02 Å². The van der Waals surface area contributed by atoms with Crippen molar-refractivity contribution in [3.63, 3.8) is 0 Å². The van der Waals surface area contributed by atoms with Gasteiger partial charge in [-0.1, -0.05) is 36.7 Å². The Balaban J connectivity index is 1.75. The second-order valence-electron chi connectivity index (χ2n) is 6.12. The topological polar surface area (TPSA) is 52.9 Å². The fraction of sp³-hybridized carbons (Fsp3) is 0.647. The second kappa shape index (κ2) is 8.85. The lowest BCUT2D eigenvalue weighted by molar-refractivity contribution is -0.0213. The van der Waals surface area contributed by atoms with Gasteiger partial charge >= 0.3 is 0 Å². The largest absolute Gasteiger partial charge is 0.395 e. The molecule has 1 aromatic rings. The van der Waals surface area contributed by atoms with E-state index in [-0.39, 0.29) is 19.3 Å². The lowest BCUT2D eigenvalue weighted by Gasteiger charge is -2.39. The third-order valence-corrected chi connectivity index (χ3v) is 4.76. The first-order valence-electron chi connectivity index (χ1n) is 7.96. The number of β-amino-alcohol motifs (C(OH)–C–C–N with tert-alkyl or cyclic N) is 1. The van der Waals surface area contributed by atoms with Gasteiger partial charge in [0.15, 0.2) is 0 Å². The minimum Gasteiger partial charge on any atom is -0.395 e. The molecule has 1 saturated heterocycles. The van der Waals surface area contributed by atoms with Gasteiger partial charge in [0.1, 0.15) is 0 Å². The molecule has 0 spiro atoms. The summed E-state index contributed by atoms with van der Waals surface area (Å²) in [5.74, 6) is 0.468. The molecule has 22 heavy (non-hydrogen) atoms. The summed E-state index contributed by atoms with van der Waals surface area (Å²) in [6, 6.07) is 7.70. The average Bonchev–Trinajstić information content (AvgIpc) is 2.49. The molecule has 0 bridgehead atoms. The molecule has 4 nitrogen and oxygen atoms in total. The molecular weight excluding hydrogens is 302 g/mol. The predicted molar refractivity (Wildman–Crippen MR) is 88.0 cm³/mol. The first kappa shape index (κ1) is 17.7. The molecule has 1 aromatic carbocycles. The van der Waals surface area contributed by atoms with Gasteiger partial charge in [0.05, 0.1) is 25.9 Å². The Morgan fingerprint density at radius 1 is 1.41 bits per heavy atom. The van der Waals surface area contributed by atoms with Crippen LogP contribution in [0.3, 0.4) is 0 Å². The summed E-state index contributed by atoms with van der Waals surface area (Å²) in [5, 5.41) is 20.4. The van der Waals surface area contributed by atoms with Crippen molar-refractivity contribution in [3.8, 4) is 0 Å². The fourth-order valence-electron chi connectivity index (χ4n) is 3.10. The molecule has 0 amide bonds. The Labute approximate surface area is 137 Å². The van der Waals surface area contributed by atoms with Crippen molar-refractivity contribution >= 4 is 11.6 Å². The van der Waals surface area contributed by atoms with Crippen LogP contribution in [-0.4, -0.2) is 53.6 Å². The van der Waals surface area contributed by atoms with Crippen molar-refractivity contribution in [3.05, 3.63) is 34.9 Å². The van der Waals surface area contributed by atoms with Gasteiger partial charge < -0.3 is 14.9 Å². The molecule has 5 heteroatoms. The zero-order valence-electron chi connectivity index (χ0n) is 13.1. The number of halogens is 1. The Hall–Kier alpha value is -0.650. The van der Waals surface area contributed by atoms with Crippen LogP contribution >= 0.6 is 11.6 Å². The SMILES string of the molecule is CC1CCCN(CC(O)COCc2ccccc2Cl)C1CO. The zero-order chi connectivity index (χ0) is 15.9. The van der Waals surface area contributed by atoms with Crippen LogP contribution in [0.15, 0.2) is 24.3 Å². The van der Waals surface area contributed by atoms with E-state index in [2.05, 4.69) is 11.8 Å². The summed E-state index contributed by atoms with van der Waals surface area (Å²) in [7, 11) is 0. The highest BCUT2D eigenvalue weighted by atomic mass is 35.5. The lowest BCUT2D eigenvalue weighted by Crippen LogP contribution is -2.50. The zero-order valence-corrected chi connectivity index (χ0v) is 13.9. The van der Waals surface area contributed by atoms with Gasteiger partial charge in [-0.25, -0.2) is 0 Å². The summed E-state index contributed by atoms with van der Waals surface area (Å²) in [4.78, 5) is 2.18. The van der Waals surface area contributed by atoms with Crippen LogP contribution in [-0.2, 0) is 11.3 Å². The van der Waals surface area contributed by atoms with Crippen LogP contribution in [0.25, 0.3) is 0 Å². The number of aliphatic hydroxyl groups is 2. The molecule has 1 aliphatic rings. The smallest absolute Gasteiger partial charge is 0.0900 e. The normalized spacial score (nSPS) is 24.4. The molecule has 0 aliphatic carbocycles. The van der Waals surface area contributed by atoms with Crippen molar-refractivity contribution in [2.75, 3.05) is 26.3 Å². The Bertz CT molecular complexity index is 457. The van der Waals surface area contributed by atoms with E-state index < -0.39 is 6.10 Å². The van der Waals surface area contributed by atoms with Crippen LogP contribution in [0.1, 0.15) is 25.3 Å². The maximum Gasteiger partial charge on any atom is 0.0900 e. The van der Waals surface area contributed by atoms with Gasteiger partial charge in [-0.05, 0) is 36.9 Å². The van der Waals surface area contributed by atoms with Gasteiger partial charge in [0, 0.05) is 17.6 Å². The minimum atomic E-state index is -0.554. The number of hydrogen-bond donors (Lipinski definition) is 2. The first-order chi connectivity index (χ1) is 10.6. The maximum absolute atomic E-state index is 10.2. The average molecular weight is 328 g/mol. The van der Waals surface area contributed by atoms with Crippen molar-refractivity contribution in [2.45, 2.75) is 38.5 Å². The predicted octanol–water partition coefficient (Wildman–Crippen LogP) is 2.31. The van der Waals surface area contributed by atoms with Crippen molar-refractivity contribution in [1.29, 1.82) is 0 Å². The molecule has 2 rings (SSSR count). The van der Waals surface area contributed by atoms with Crippen molar-refractivity contribution in [2.24, 2.45) is 5.92 Å². The van der Waals surface area contributed by atoms with Gasteiger partial charge in [-0.15, -0.1) is 0 Å². The van der Waals surface area contributed by atoms with E-state index in [1.807, 2.05) is 24.3 Å². The number of ether oxygens (including phenoxy) is 1. The van der Waals surface area contributed by atoms with Crippen LogP contribution in [0.5, 0.6) is 0 Å². The number of rotatable bonds is 7. The van der Waals surface area contributed by atoms with Gasteiger partial charge in [-0.3, -0.25) is 4.90 Å². The molecular formula is C17H26ClNO3. The highest BCUT2D eigenvalue weighted by Crippen LogP contribution is 2.23. The molecule has 1 heterocycles. The van der Waals surface area contributed by atoms with Crippen molar-refractivity contribution in [1.82, 2.24) is 4.90 Å². The van der Waals surface area contributed by atoms with E-state index in [1.54, 1.807) is 0 Å². The minimum absolute atomic E-state index is 0.145. The summed E-state index contributed by atoms with van der Waals surface area (Å²) < 4.78 is 5.58. The molecule has 0 saturated carbocycles. The molecule has 0 radical (unpaired) electrons. The Morgan fingerprint density at radius 2 is 2.18 bits per heavy atom. The fourth-order valence-corrected chi connectivity index (χ4v) is 3.29. The number of piperidine rings is 1. The summed E-state index contributed by atoms with van der Waals surface area (Å²) in [6.07, 6.45) is 1.70. The molecule has 3 unspecified atom stereocenters. The highest BCUT2D eigenvalue weighted by molar-refractivity contribution is 6.31. The van der Waals surface area contributed by atoms with Crippen LogP contribution in [0.4, 0.5) is 0 Å². The monoisotopic (exact) mass is 327 g/mol. The first-order valence-corrected chi connectivity index (χ1v) is 8.33. The van der Waals surface area contributed by atoms with Gasteiger partial charge in [0.2, 0.25) is 0 Å². The maximum atomic E-state index is 10.2. The second-order valence-corrected chi connectivity index (χ2v) is 6.53. The van der Waals surface area contributed by atoms with E-state index in [4.69, 9.17) is 16.3 Å². The molecule has 1 fully saturated rings. The summed E-state index contributed by atoms with van der Waals surface area (Å²) >= 11 is 6.07. The lowest BCUT2D eigenvalue weighted by atomic mass is 9.91. The molecule has 3 atom stereocenters. The van der Waals surface area contributed by atoms with E-state index in [1.165, 1.54) is 0 Å². The highest BCUT2D eigenvalue weighted by Gasteiger charge is 2.29.